The van der Waals surface area contributed by atoms with Crippen LogP contribution in [-0.2, 0) is 6.18 Å². The SMILES string of the molecule is COc1ccc(C(F)(F)F)c(C#N)c1C(=O)CBr. The first-order valence-electron chi connectivity index (χ1n) is 4.64. The minimum absolute atomic E-state index is 0.0519. The van der Waals surface area contributed by atoms with Crippen LogP contribution in [-0.4, -0.2) is 18.2 Å². The number of halogens is 4. The molecule has 0 N–H and O–H groups in total. The molecule has 0 unspecified atom stereocenters. The van der Waals surface area contributed by atoms with E-state index in [1.165, 1.54) is 13.2 Å². The van der Waals surface area contributed by atoms with Crippen molar-refractivity contribution in [3.63, 3.8) is 0 Å². The zero-order chi connectivity index (χ0) is 13.9. The quantitative estimate of drug-likeness (QED) is 0.634. The molecule has 0 amide bonds. The Hall–Kier alpha value is -1.55. The lowest BCUT2D eigenvalue weighted by molar-refractivity contribution is -0.137. The zero-order valence-corrected chi connectivity index (χ0v) is 10.7. The van der Waals surface area contributed by atoms with Gasteiger partial charge < -0.3 is 4.74 Å². The predicted octanol–water partition coefficient (Wildman–Crippen LogP) is 3.16. The van der Waals surface area contributed by atoms with E-state index < -0.39 is 23.1 Å². The molecule has 1 aromatic rings. The van der Waals surface area contributed by atoms with E-state index in [1.807, 2.05) is 0 Å². The number of hydrogen-bond donors (Lipinski definition) is 0. The minimum Gasteiger partial charge on any atom is -0.496 e. The average Bonchev–Trinajstić information content (AvgIpc) is 2.34. The summed E-state index contributed by atoms with van der Waals surface area (Å²) in [4.78, 5) is 11.6. The number of benzene rings is 1. The molecule has 7 heteroatoms. The van der Waals surface area contributed by atoms with Gasteiger partial charge in [0.25, 0.3) is 0 Å². The topological polar surface area (TPSA) is 50.1 Å². The van der Waals surface area contributed by atoms with Gasteiger partial charge in [0.2, 0.25) is 0 Å². The van der Waals surface area contributed by atoms with Crippen molar-refractivity contribution in [2.45, 2.75) is 6.18 Å². The zero-order valence-electron chi connectivity index (χ0n) is 9.14. The molecular formula is C11H7BrF3NO2. The highest BCUT2D eigenvalue weighted by molar-refractivity contribution is 9.09. The summed E-state index contributed by atoms with van der Waals surface area (Å²) in [6.45, 7) is 0. The number of methoxy groups -OCH3 is 1. The van der Waals surface area contributed by atoms with Crippen molar-refractivity contribution in [2.24, 2.45) is 0 Å². The van der Waals surface area contributed by atoms with Crippen LogP contribution in [0.1, 0.15) is 21.5 Å². The van der Waals surface area contributed by atoms with Gasteiger partial charge >= 0.3 is 6.18 Å². The third-order valence-electron chi connectivity index (χ3n) is 2.20. The van der Waals surface area contributed by atoms with Gasteiger partial charge in [-0.2, -0.15) is 18.4 Å². The molecule has 0 aromatic heterocycles. The number of ketones is 1. The molecule has 0 atom stereocenters. The molecule has 18 heavy (non-hydrogen) atoms. The summed E-state index contributed by atoms with van der Waals surface area (Å²) in [5, 5.41) is 8.66. The lowest BCUT2D eigenvalue weighted by Gasteiger charge is -2.14. The molecule has 0 fully saturated rings. The van der Waals surface area contributed by atoms with Gasteiger partial charge in [-0.1, -0.05) is 15.9 Å². The van der Waals surface area contributed by atoms with E-state index in [-0.39, 0.29) is 16.6 Å². The average molecular weight is 322 g/mol. The summed E-state index contributed by atoms with van der Waals surface area (Å²) in [6.07, 6.45) is -4.70. The van der Waals surface area contributed by atoms with E-state index in [1.54, 1.807) is 0 Å². The molecule has 3 nitrogen and oxygen atoms in total. The van der Waals surface area contributed by atoms with E-state index >= 15 is 0 Å². The lowest BCUT2D eigenvalue weighted by atomic mass is 9.98. The Morgan fingerprint density at radius 1 is 1.50 bits per heavy atom. The summed E-state index contributed by atoms with van der Waals surface area (Å²) in [5.74, 6) is -0.696. The Kier molecular flexibility index (Phi) is 4.35. The van der Waals surface area contributed by atoms with Crippen molar-refractivity contribution in [1.29, 1.82) is 5.26 Å². The molecule has 0 radical (unpaired) electrons. The molecule has 1 aromatic carbocycles. The maximum absolute atomic E-state index is 12.7. The van der Waals surface area contributed by atoms with Crippen LogP contribution in [0.5, 0.6) is 5.75 Å². The first-order valence-corrected chi connectivity index (χ1v) is 5.76. The first-order chi connectivity index (χ1) is 8.36. The van der Waals surface area contributed by atoms with Gasteiger partial charge in [-0.15, -0.1) is 0 Å². The van der Waals surface area contributed by atoms with E-state index in [9.17, 15) is 18.0 Å². The maximum atomic E-state index is 12.7. The molecule has 1 rings (SSSR count). The number of rotatable bonds is 3. The van der Waals surface area contributed by atoms with Crippen molar-refractivity contribution in [2.75, 3.05) is 12.4 Å². The molecular weight excluding hydrogens is 315 g/mol. The number of nitriles is 1. The molecule has 0 spiro atoms. The van der Waals surface area contributed by atoms with Crippen LogP contribution in [0.3, 0.4) is 0 Å². The van der Waals surface area contributed by atoms with Crippen LogP contribution in [0.15, 0.2) is 12.1 Å². The highest BCUT2D eigenvalue weighted by Crippen LogP contribution is 2.36. The first kappa shape index (κ1) is 14.5. The Morgan fingerprint density at radius 2 is 2.11 bits per heavy atom. The van der Waals surface area contributed by atoms with Gasteiger partial charge in [-0.3, -0.25) is 4.79 Å². The molecule has 0 bridgehead atoms. The third kappa shape index (κ3) is 2.64. The summed E-state index contributed by atoms with van der Waals surface area (Å²) in [7, 11) is 1.22. The normalized spacial score (nSPS) is 10.9. The standard InChI is InChI=1S/C11H7BrF3NO2/c1-18-9-3-2-7(11(13,14)15)6(5-16)10(9)8(17)4-12/h2-3H,4H2,1H3. The number of alkyl halides is 4. The fourth-order valence-electron chi connectivity index (χ4n) is 1.45. The molecule has 0 saturated carbocycles. The molecule has 0 aliphatic rings. The number of Topliss-reactive ketones (excluding diaryl/α,β-unsaturated/α-hetero) is 1. The van der Waals surface area contributed by atoms with Crippen LogP contribution in [0.2, 0.25) is 0 Å². The minimum atomic E-state index is -4.70. The molecule has 0 aliphatic carbocycles. The van der Waals surface area contributed by atoms with Gasteiger partial charge in [0.05, 0.1) is 29.1 Å². The third-order valence-corrected chi connectivity index (χ3v) is 2.71. The van der Waals surface area contributed by atoms with Gasteiger partial charge in [-0.25, -0.2) is 0 Å². The predicted molar refractivity (Wildman–Crippen MR) is 60.8 cm³/mol. The summed E-state index contributed by atoms with van der Waals surface area (Å²) >= 11 is 2.86. The van der Waals surface area contributed by atoms with Crippen LogP contribution in [0.4, 0.5) is 13.2 Å². The van der Waals surface area contributed by atoms with E-state index in [2.05, 4.69) is 15.9 Å². The Bertz CT molecular complexity index is 520. The van der Waals surface area contributed by atoms with Crippen molar-refractivity contribution < 1.29 is 22.7 Å². The monoisotopic (exact) mass is 321 g/mol. The van der Waals surface area contributed by atoms with Crippen LogP contribution in [0, 0.1) is 11.3 Å². The molecule has 96 valence electrons. The summed E-state index contributed by atoms with van der Waals surface area (Å²) in [6, 6.07) is 3.17. The number of carbonyl (C=O) groups excluding carboxylic acids is 1. The maximum Gasteiger partial charge on any atom is 0.417 e. The molecule has 0 heterocycles. The second-order valence-corrected chi connectivity index (χ2v) is 3.79. The Morgan fingerprint density at radius 3 is 2.50 bits per heavy atom. The summed E-state index contributed by atoms with van der Waals surface area (Å²) in [5.41, 5.74) is -2.21. The van der Waals surface area contributed by atoms with Crippen molar-refractivity contribution >= 4 is 21.7 Å². The van der Waals surface area contributed by atoms with Crippen molar-refractivity contribution in [1.82, 2.24) is 0 Å². The fraction of sp³-hybridized carbons (Fsp3) is 0.273. The highest BCUT2D eigenvalue weighted by atomic mass is 79.9. The van der Waals surface area contributed by atoms with Gasteiger partial charge in [0.1, 0.15) is 11.8 Å². The number of hydrogen-bond acceptors (Lipinski definition) is 3. The van der Waals surface area contributed by atoms with E-state index in [0.717, 1.165) is 12.1 Å². The van der Waals surface area contributed by atoms with Crippen LogP contribution < -0.4 is 4.74 Å². The smallest absolute Gasteiger partial charge is 0.417 e. The second-order valence-electron chi connectivity index (χ2n) is 3.23. The van der Waals surface area contributed by atoms with Crippen molar-refractivity contribution in [3.05, 3.63) is 28.8 Å². The van der Waals surface area contributed by atoms with Crippen LogP contribution in [0.25, 0.3) is 0 Å². The summed E-state index contributed by atoms with van der Waals surface area (Å²) < 4.78 is 42.9. The number of nitrogens with zero attached hydrogens (tertiary/aromatic N) is 1. The largest absolute Gasteiger partial charge is 0.496 e. The Balaban J connectivity index is 3.64. The fourth-order valence-corrected chi connectivity index (χ4v) is 1.73. The Labute approximate surface area is 109 Å². The van der Waals surface area contributed by atoms with Gasteiger partial charge in [0, 0.05) is 0 Å². The highest BCUT2D eigenvalue weighted by Gasteiger charge is 2.36. The molecule has 0 saturated heterocycles. The van der Waals surface area contributed by atoms with Gasteiger partial charge in [-0.05, 0) is 12.1 Å². The second kappa shape index (κ2) is 5.40. The molecule has 0 aliphatic heterocycles. The number of ether oxygens (including phenoxy) is 1. The van der Waals surface area contributed by atoms with Gasteiger partial charge in [0.15, 0.2) is 5.78 Å². The van der Waals surface area contributed by atoms with E-state index in [4.69, 9.17) is 10.00 Å². The van der Waals surface area contributed by atoms with Crippen LogP contribution >= 0.6 is 15.9 Å². The van der Waals surface area contributed by atoms with E-state index in [0.29, 0.717) is 0 Å². The lowest BCUT2D eigenvalue weighted by Crippen LogP contribution is -2.14. The van der Waals surface area contributed by atoms with Crippen molar-refractivity contribution in [3.8, 4) is 11.8 Å². The number of carbonyl (C=O) groups is 1.